The first kappa shape index (κ1) is 19.5. The fraction of sp³-hybridized carbons (Fsp3) is 0.0909. The van der Waals surface area contributed by atoms with Crippen molar-refractivity contribution in [3.05, 3.63) is 94.5 Å². The van der Waals surface area contributed by atoms with Crippen molar-refractivity contribution in [3.63, 3.8) is 0 Å². The Morgan fingerprint density at radius 2 is 1.39 bits per heavy atom. The van der Waals surface area contributed by atoms with Crippen molar-refractivity contribution in [1.82, 2.24) is 5.32 Å². The largest absolute Gasteiger partial charge is 0.489 e. The molecule has 0 aliphatic heterocycles. The minimum Gasteiger partial charge on any atom is -0.489 e. The summed E-state index contributed by atoms with van der Waals surface area (Å²) in [4.78, 5) is 23.9. The van der Waals surface area contributed by atoms with Crippen molar-refractivity contribution in [1.29, 1.82) is 0 Å². The molecule has 0 spiro atoms. The maximum Gasteiger partial charge on any atom is 0.255 e. The number of carbonyl (C=O) groups excluding carboxylic acids is 2. The number of ether oxygens (including phenoxy) is 1. The van der Waals surface area contributed by atoms with Crippen molar-refractivity contribution in [3.8, 4) is 5.75 Å². The fourth-order valence-electron chi connectivity index (χ4n) is 2.50. The summed E-state index contributed by atoms with van der Waals surface area (Å²) in [5, 5.41) is 6.02. The molecule has 3 aromatic carbocycles. The summed E-state index contributed by atoms with van der Waals surface area (Å²) >= 11 is 5.85. The SMILES string of the molecule is CNC(=O)c1ccc(NC(=O)c2ccc(COc3ccc(Cl)cc3)cc2)cc1. The van der Waals surface area contributed by atoms with Crippen molar-refractivity contribution >= 4 is 29.1 Å². The molecule has 0 unspecified atom stereocenters. The molecular formula is C22H19ClN2O3. The fourth-order valence-corrected chi connectivity index (χ4v) is 2.63. The van der Waals surface area contributed by atoms with Crippen LogP contribution in [-0.4, -0.2) is 18.9 Å². The molecule has 2 N–H and O–H groups in total. The number of hydrogen-bond acceptors (Lipinski definition) is 3. The van der Waals surface area contributed by atoms with Crippen LogP contribution in [0.3, 0.4) is 0 Å². The minimum absolute atomic E-state index is 0.172. The molecule has 28 heavy (non-hydrogen) atoms. The third kappa shape index (κ3) is 5.11. The number of amides is 2. The van der Waals surface area contributed by atoms with Gasteiger partial charge in [0.15, 0.2) is 0 Å². The third-order valence-electron chi connectivity index (χ3n) is 4.07. The van der Waals surface area contributed by atoms with E-state index in [0.717, 1.165) is 11.3 Å². The summed E-state index contributed by atoms with van der Waals surface area (Å²) in [5.74, 6) is 0.332. The molecule has 0 fully saturated rings. The number of benzene rings is 3. The average Bonchev–Trinajstić information content (AvgIpc) is 2.73. The van der Waals surface area contributed by atoms with Crippen LogP contribution in [0.15, 0.2) is 72.8 Å². The summed E-state index contributed by atoms with van der Waals surface area (Å²) < 4.78 is 5.69. The van der Waals surface area contributed by atoms with Gasteiger partial charge in [0.05, 0.1) is 0 Å². The number of nitrogens with one attached hydrogen (secondary N) is 2. The molecule has 3 aromatic rings. The van der Waals surface area contributed by atoms with Crippen molar-refractivity contribution in [2.24, 2.45) is 0 Å². The predicted octanol–water partition coefficient (Wildman–Crippen LogP) is 4.53. The minimum atomic E-state index is -0.224. The van der Waals surface area contributed by atoms with Crippen LogP contribution in [0.2, 0.25) is 5.02 Å². The molecule has 5 nitrogen and oxygen atoms in total. The number of halogens is 1. The second-order valence-electron chi connectivity index (χ2n) is 6.05. The molecular weight excluding hydrogens is 376 g/mol. The first-order valence-corrected chi connectivity index (χ1v) is 9.04. The van der Waals surface area contributed by atoms with Crippen LogP contribution in [-0.2, 0) is 6.61 Å². The highest BCUT2D eigenvalue weighted by Crippen LogP contribution is 2.17. The van der Waals surface area contributed by atoms with Crippen LogP contribution in [0, 0.1) is 0 Å². The molecule has 142 valence electrons. The molecule has 0 saturated carbocycles. The van der Waals surface area contributed by atoms with Crippen LogP contribution >= 0.6 is 11.6 Å². The molecule has 0 aromatic heterocycles. The van der Waals surface area contributed by atoms with E-state index in [1.807, 2.05) is 12.1 Å². The number of hydrogen-bond donors (Lipinski definition) is 2. The second kappa shape index (κ2) is 9.06. The Morgan fingerprint density at radius 1 is 0.821 bits per heavy atom. The standard InChI is InChI=1S/C22H19ClN2O3/c1-24-21(26)16-6-10-19(11-7-16)25-22(27)17-4-2-15(3-5-17)14-28-20-12-8-18(23)9-13-20/h2-13H,14H2,1H3,(H,24,26)(H,25,27). The van der Waals surface area contributed by atoms with Gasteiger partial charge in [-0.1, -0.05) is 23.7 Å². The van der Waals surface area contributed by atoms with Crippen LogP contribution in [0.4, 0.5) is 5.69 Å². The Balaban J connectivity index is 1.57. The van der Waals surface area contributed by atoms with Crippen molar-refractivity contribution in [2.75, 3.05) is 12.4 Å². The molecule has 0 aliphatic carbocycles. The Bertz CT molecular complexity index is 953. The highest BCUT2D eigenvalue weighted by Gasteiger charge is 2.08. The van der Waals surface area contributed by atoms with E-state index < -0.39 is 0 Å². The lowest BCUT2D eigenvalue weighted by atomic mass is 10.1. The first-order chi connectivity index (χ1) is 13.5. The number of rotatable bonds is 6. The van der Waals surface area contributed by atoms with E-state index in [4.69, 9.17) is 16.3 Å². The van der Waals surface area contributed by atoms with Crippen LogP contribution in [0.5, 0.6) is 5.75 Å². The normalized spacial score (nSPS) is 10.2. The highest BCUT2D eigenvalue weighted by atomic mass is 35.5. The van der Waals surface area contributed by atoms with Crippen LogP contribution in [0.25, 0.3) is 0 Å². The van der Waals surface area contributed by atoms with E-state index in [0.29, 0.717) is 28.4 Å². The quantitative estimate of drug-likeness (QED) is 0.645. The summed E-state index contributed by atoms with van der Waals surface area (Å²) in [6.45, 7) is 0.393. The molecule has 0 bridgehead atoms. The molecule has 3 rings (SSSR count). The van der Waals surface area contributed by atoms with Gasteiger partial charge in [-0.2, -0.15) is 0 Å². The zero-order valence-electron chi connectivity index (χ0n) is 15.2. The van der Waals surface area contributed by atoms with Crippen molar-refractivity contribution < 1.29 is 14.3 Å². The van der Waals surface area contributed by atoms with E-state index in [2.05, 4.69) is 10.6 Å². The molecule has 0 atom stereocenters. The molecule has 0 heterocycles. The van der Waals surface area contributed by atoms with Gasteiger partial charge in [0, 0.05) is 28.9 Å². The van der Waals surface area contributed by atoms with Gasteiger partial charge < -0.3 is 15.4 Å². The lowest BCUT2D eigenvalue weighted by molar-refractivity contribution is 0.0962. The molecule has 2 amide bonds. The zero-order chi connectivity index (χ0) is 19.9. The van der Waals surface area contributed by atoms with Gasteiger partial charge >= 0.3 is 0 Å². The second-order valence-corrected chi connectivity index (χ2v) is 6.49. The smallest absolute Gasteiger partial charge is 0.255 e. The summed E-state index contributed by atoms with van der Waals surface area (Å²) in [5.41, 5.74) is 2.63. The molecule has 0 radical (unpaired) electrons. The molecule has 6 heteroatoms. The Hall–Kier alpha value is -3.31. The maximum absolute atomic E-state index is 12.4. The molecule has 0 saturated heterocycles. The van der Waals surface area contributed by atoms with Crippen LogP contribution in [0.1, 0.15) is 26.3 Å². The average molecular weight is 395 g/mol. The summed E-state index contributed by atoms with van der Waals surface area (Å²) in [6.07, 6.45) is 0. The Kier molecular flexibility index (Phi) is 6.29. The molecule has 0 aliphatic rings. The monoisotopic (exact) mass is 394 g/mol. The van der Waals surface area contributed by atoms with E-state index in [1.165, 1.54) is 0 Å². The van der Waals surface area contributed by atoms with Gasteiger partial charge in [-0.3, -0.25) is 9.59 Å². The Labute approximate surface area is 168 Å². The van der Waals surface area contributed by atoms with E-state index in [9.17, 15) is 9.59 Å². The van der Waals surface area contributed by atoms with Gasteiger partial charge in [0.1, 0.15) is 12.4 Å². The summed E-state index contributed by atoms with van der Waals surface area (Å²) in [7, 11) is 1.57. The lowest BCUT2D eigenvalue weighted by Crippen LogP contribution is -2.17. The van der Waals surface area contributed by atoms with Crippen molar-refractivity contribution in [2.45, 2.75) is 6.61 Å². The van der Waals surface area contributed by atoms with E-state index >= 15 is 0 Å². The third-order valence-corrected chi connectivity index (χ3v) is 4.32. The van der Waals surface area contributed by atoms with Gasteiger partial charge in [0.25, 0.3) is 11.8 Å². The predicted molar refractivity (Wildman–Crippen MR) is 110 cm³/mol. The van der Waals surface area contributed by atoms with Gasteiger partial charge in [0.2, 0.25) is 0 Å². The topological polar surface area (TPSA) is 67.4 Å². The summed E-state index contributed by atoms with van der Waals surface area (Å²) in [6, 6.07) is 21.0. The van der Waals surface area contributed by atoms with Gasteiger partial charge in [-0.05, 0) is 66.2 Å². The lowest BCUT2D eigenvalue weighted by Gasteiger charge is -2.08. The van der Waals surface area contributed by atoms with Gasteiger partial charge in [-0.25, -0.2) is 0 Å². The van der Waals surface area contributed by atoms with Crippen LogP contribution < -0.4 is 15.4 Å². The Morgan fingerprint density at radius 3 is 2.00 bits per heavy atom. The maximum atomic E-state index is 12.4. The number of anilines is 1. The highest BCUT2D eigenvalue weighted by molar-refractivity contribution is 6.30. The van der Waals surface area contributed by atoms with E-state index in [1.54, 1.807) is 67.7 Å². The number of carbonyl (C=O) groups is 2. The van der Waals surface area contributed by atoms with Gasteiger partial charge in [-0.15, -0.1) is 0 Å². The first-order valence-electron chi connectivity index (χ1n) is 8.66. The van der Waals surface area contributed by atoms with E-state index in [-0.39, 0.29) is 11.8 Å². The zero-order valence-corrected chi connectivity index (χ0v) is 16.0.